The molecule has 4 rings (SSSR count). The van der Waals surface area contributed by atoms with Crippen LogP contribution < -0.4 is 5.32 Å². The molecule has 0 saturated carbocycles. The zero-order chi connectivity index (χ0) is 18.8. The van der Waals surface area contributed by atoms with E-state index in [0.29, 0.717) is 0 Å². The van der Waals surface area contributed by atoms with Crippen LogP contribution in [0.1, 0.15) is 35.5 Å². The molecule has 1 unspecified atom stereocenters. The molecule has 0 aliphatic carbocycles. The molecule has 3 heteroatoms. The molecule has 3 nitrogen and oxygen atoms in total. The number of nitrogens with one attached hydrogen (secondary N) is 1. The molecule has 27 heavy (non-hydrogen) atoms. The third kappa shape index (κ3) is 3.51. The zero-order valence-corrected chi connectivity index (χ0v) is 16.0. The summed E-state index contributed by atoms with van der Waals surface area (Å²) in [5.74, 6) is 0.864. The Labute approximate surface area is 160 Å². The number of hydrogen-bond acceptors (Lipinski definition) is 3. The first kappa shape index (κ1) is 17.5. The number of aryl methyl sites for hydroxylation is 2. The van der Waals surface area contributed by atoms with E-state index in [1.54, 1.807) is 0 Å². The van der Waals surface area contributed by atoms with E-state index in [2.05, 4.69) is 84.1 Å². The Hall–Kier alpha value is -2.91. The highest BCUT2D eigenvalue weighted by Gasteiger charge is 2.12. The third-order valence-corrected chi connectivity index (χ3v) is 5.18. The molecule has 136 valence electrons. The van der Waals surface area contributed by atoms with E-state index in [4.69, 9.17) is 4.52 Å². The van der Waals surface area contributed by atoms with Gasteiger partial charge in [-0.1, -0.05) is 71.9 Å². The van der Waals surface area contributed by atoms with Crippen molar-refractivity contribution in [3.05, 3.63) is 89.3 Å². The van der Waals surface area contributed by atoms with Crippen LogP contribution in [-0.2, 0) is 6.54 Å². The van der Waals surface area contributed by atoms with Gasteiger partial charge in [-0.2, -0.15) is 0 Å². The maximum Gasteiger partial charge on any atom is 0.141 e. The van der Waals surface area contributed by atoms with E-state index in [1.807, 2.05) is 13.8 Å². The van der Waals surface area contributed by atoms with Crippen LogP contribution in [0.3, 0.4) is 0 Å². The van der Waals surface area contributed by atoms with E-state index in [1.165, 1.54) is 21.9 Å². The molecular weight excluding hydrogens is 332 g/mol. The van der Waals surface area contributed by atoms with Gasteiger partial charge in [0.1, 0.15) is 5.76 Å². The van der Waals surface area contributed by atoms with Crippen molar-refractivity contribution in [3.63, 3.8) is 0 Å². The average Bonchev–Trinajstić information content (AvgIpc) is 3.04. The summed E-state index contributed by atoms with van der Waals surface area (Å²) in [6.45, 7) is 6.98. The minimum atomic E-state index is 0.276. The molecular formula is C24H24N2O. The fourth-order valence-corrected chi connectivity index (χ4v) is 3.69. The van der Waals surface area contributed by atoms with Crippen LogP contribution in [0.2, 0.25) is 0 Å². The summed E-state index contributed by atoms with van der Waals surface area (Å²) in [7, 11) is 0. The SMILES string of the molecule is Cc1noc(C)c1-c1ccc(CNC(C)c2cccc3ccccc23)cc1. The van der Waals surface area contributed by atoms with Crippen molar-refractivity contribution in [1.82, 2.24) is 10.5 Å². The second kappa shape index (κ2) is 7.37. The molecule has 0 saturated heterocycles. The lowest BCUT2D eigenvalue weighted by molar-refractivity contribution is 0.393. The first-order valence-electron chi connectivity index (χ1n) is 9.36. The van der Waals surface area contributed by atoms with Crippen LogP contribution in [0.4, 0.5) is 0 Å². The molecule has 3 aromatic carbocycles. The normalized spacial score (nSPS) is 12.4. The van der Waals surface area contributed by atoms with Crippen LogP contribution >= 0.6 is 0 Å². The standard InChI is InChI=1S/C24H24N2O/c1-16(22-10-6-8-20-7-4-5-9-23(20)22)25-15-19-11-13-21(14-12-19)24-17(2)26-27-18(24)3/h4-14,16,25H,15H2,1-3H3. The molecule has 0 fully saturated rings. The molecule has 0 bridgehead atoms. The quantitative estimate of drug-likeness (QED) is 0.479. The van der Waals surface area contributed by atoms with Crippen LogP contribution in [0.25, 0.3) is 21.9 Å². The van der Waals surface area contributed by atoms with Crippen molar-refractivity contribution < 1.29 is 4.52 Å². The lowest BCUT2D eigenvalue weighted by Gasteiger charge is -2.17. The fraction of sp³-hybridized carbons (Fsp3) is 0.208. The van der Waals surface area contributed by atoms with E-state index in [0.717, 1.165) is 29.1 Å². The number of fused-ring (bicyclic) bond motifs is 1. The van der Waals surface area contributed by atoms with E-state index < -0.39 is 0 Å². The Kier molecular flexibility index (Phi) is 4.78. The first-order chi connectivity index (χ1) is 13.1. The van der Waals surface area contributed by atoms with Gasteiger partial charge in [-0.05, 0) is 48.2 Å². The van der Waals surface area contributed by atoms with Crippen molar-refractivity contribution in [1.29, 1.82) is 0 Å². The van der Waals surface area contributed by atoms with Gasteiger partial charge in [-0.3, -0.25) is 0 Å². The summed E-state index contributed by atoms with van der Waals surface area (Å²) in [6.07, 6.45) is 0. The van der Waals surface area contributed by atoms with Crippen molar-refractivity contribution in [3.8, 4) is 11.1 Å². The Morgan fingerprint density at radius 2 is 1.67 bits per heavy atom. The molecule has 0 amide bonds. The summed E-state index contributed by atoms with van der Waals surface area (Å²) in [5.41, 5.74) is 5.77. The van der Waals surface area contributed by atoms with Gasteiger partial charge in [0.25, 0.3) is 0 Å². The van der Waals surface area contributed by atoms with Crippen LogP contribution in [0, 0.1) is 13.8 Å². The van der Waals surface area contributed by atoms with Crippen molar-refractivity contribution in [2.75, 3.05) is 0 Å². The number of aromatic nitrogens is 1. The van der Waals surface area contributed by atoms with Gasteiger partial charge in [0.15, 0.2) is 0 Å². The lowest BCUT2D eigenvalue weighted by atomic mass is 9.99. The summed E-state index contributed by atoms with van der Waals surface area (Å²) in [5, 5.41) is 10.3. The molecule has 0 aliphatic rings. The molecule has 1 N–H and O–H groups in total. The van der Waals surface area contributed by atoms with Gasteiger partial charge in [0, 0.05) is 18.2 Å². The van der Waals surface area contributed by atoms with Gasteiger partial charge in [-0.25, -0.2) is 0 Å². The minimum absolute atomic E-state index is 0.276. The molecule has 4 aromatic rings. The number of benzene rings is 3. The second-order valence-corrected chi connectivity index (χ2v) is 7.07. The topological polar surface area (TPSA) is 38.1 Å². The van der Waals surface area contributed by atoms with Crippen molar-refractivity contribution >= 4 is 10.8 Å². The molecule has 0 radical (unpaired) electrons. The van der Waals surface area contributed by atoms with E-state index in [-0.39, 0.29) is 6.04 Å². The largest absolute Gasteiger partial charge is 0.361 e. The van der Waals surface area contributed by atoms with Gasteiger partial charge in [0.05, 0.1) is 5.69 Å². The molecule has 1 aromatic heterocycles. The third-order valence-electron chi connectivity index (χ3n) is 5.18. The maximum absolute atomic E-state index is 5.28. The monoisotopic (exact) mass is 356 g/mol. The number of hydrogen-bond donors (Lipinski definition) is 1. The van der Waals surface area contributed by atoms with Gasteiger partial charge >= 0.3 is 0 Å². The highest BCUT2D eigenvalue weighted by atomic mass is 16.5. The lowest BCUT2D eigenvalue weighted by Crippen LogP contribution is -2.18. The number of nitrogens with zero attached hydrogens (tertiary/aromatic N) is 1. The summed E-state index contributed by atoms with van der Waals surface area (Å²) >= 11 is 0. The van der Waals surface area contributed by atoms with Gasteiger partial charge in [-0.15, -0.1) is 0 Å². The first-order valence-corrected chi connectivity index (χ1v) is 9.36. The van der Waals surface area contributed by atoms with Crippen molar-refractivity contribution in [2.24, 2.45) is 0 Å². The van der Waals surface area contributed by atoms with E-state index in [9.17, 15) is 0 Å². The summed E-state index contributed by atoms with van der Waals surface area (Å²) in [6, 6.07) is 24.0. The van der Waals surface area contributed by atoms with Gasteiger partial charge in [0.2, 0.25) is 0 Å². The maximum atomic E-state index is 5.28. The minimum Gasteiger partial charge on any atom is -0.361 e. The Morgan fingerprint density at radius 1 is 0.926 bits per heavy atom. The molecule has 1 atom stereocenters. The predicted octanol–water partition coefficient (Wildman–Crippen LogP) is 5.96. The van der Waals surface area contributed by atoms with Crippen LogP contribution in [0.15, 0.2) is 71.3 Å². The molecule has 1 heterocycles. The molecule has 0 spiro atoms. The van der Waals surface area contributed by atoms with Crippen LogP contribution in [0.5, 0.6) is 0 Å². The number of rotatable bonds is 5. The highest BCUT2D eigenvalue weighted by Crippen LogP contribution is 2.27. The van der Waals surface area contributed by atoms with Crippen molar-refractivity contribution in [2.45, 2.75) is 33.4 Å². The summed E-state index contributed by atoms with van der Waals surface area (Å²) in [4.78, 5) is 0. The smallest absolute Gasteiger partial charge is 0.141 e. The second-order valence-electron chi connectivity index (χ2n) is 7.07. The summed E-state index contributed by atoms with van der Waals surface area (Å²) < 4.78 is 5.28. The Balaban J connectivity index is 1.48. The average molecular weight is 356 g/mol. The Morgan fingerprint density at radius 3 is 2.41 bits per heavy atom. The fourth-order valence-electron chi connectivity index (χ4n) is 3.69. The van der Waals surface area contributed by atoms with Gasteiger partial charge < -0.3 is 9.84 Å². The Bertz CT molecular complexity index is 1040. The molecule has 0 aliphatic heterocycles. The van der Waals surface area contributed by atoms with Crippen LogP contribution in [-0.4, -0.2) is 5.16 Å². The highest BCUT2D eigenvalue weighted by molar-refractivity contribution is 5.86. The van der Waals surface area contributed by atoms with E-state index >= 15 is 0 Å². The predicted molar refractivity (Wildman–Crippen MR) is 111 cm³/mol. The zero-order valence-electron chi connectivity index (χ0n) is 16.0.